The molecule has 1 saturated heterocycles. The van der Waals surface area contributed by atoms with Crippen LogP contribution in [-0.2, 0) is 10.0 Å². The lowest BCUT2D eigenvalue weighted by Crippen LogP contribution is -2.41. The molecule has 0 radical (unpaired) electrons. The predicted molar refractivity (Wildman–Crippen MR) is 74.1 cm³/mol. The quantitative estimate of drug-likeness (QED) is 0.819. The number of nitrogens with two attached hydrogens (primary N) is 1. The number of aliphatic hydroxyl groups is 1. The third-order valence-electron chi connectivity index (χ3n) is 3.65. The van der Waals surface area contributed by atoms with Crippen molar-refractivity contribution in [3.8, 4) is 0 Å². The Balaban J connectivity index is 2.37. The van der Waals surface area contributed by atoms with E-state index in [2.05, 4.69) is 0 Å². The first kappa shape index (κ1) is 15.2. The number of sulfonamides is 1. The predicted octanol–water partition coefficient (Wildman–Crippen LogP) is 1.11. The van der Waals surface area contributed by atoms with Crippen LogP contribution in [0.4, 0.5) is 10.1 Å². The molecule has 7 heteroatoms. The molecule has 1 heterocycles. The number of halogens is 1. The Kier molecular flexibility index (Phi) is 4.31. The van der Waals surface area contributed by atoms with E-state index in [1.165, 1.54) is 10.4 Å². The lowest BCUT2D eigenvalue weighted by atomic mass is 10.0. The molecule has 1 aliphatic heterocycles. The molecule has 0 bridgehead atoms. The number of piperidine rings is 1. The Bertz CT molecular complexity index is 604. The summed E-state index contributed by atoms with van der Waals surface area (Å²) < 4.78 is 39.9. The van der Waals surface area contributed by atoms with Crippen LogP contribution in [0.1, 0.15) is 18.4 Å². The van der Waals surface area contributed by atoms with Crippen LogP contribution in [0.2, 0.25) is 0 Å². The van der Waals surface area contributed by atoms with Crippen LogP contribution >= 0.6 is 0 Å². The van der Waals surface area contributed by atoms with Gasteiger partial charge < -0.3 is 10.8 Å². The Morgan fingerprint density at radius 1 is 1.50 bits per heavy atom. The average Bonchev–Trinajstić information content (AvgIpc) is 2.42. The van der Waals surface area contributed by atoms with Crippen LogP contribution in [0.5, 0.6) is 0 Å². The molecule has 5 nitrogen and oxygen atoms in total. The fourth-order valence-corrected chi connectivity index (χ4v) is 4.28. The van der Waals surface area contributed by atoms with Gasteiger partial charge in [-0.15, -0.1) is 0 Å². The molecule has 0 aliphatic carbocycles. The van der Waals surface area contributed by atoms with Gasteiger partial charge in [-0.1, -0.05) is 0 Å². The summed E-state index contributed by atoms with van der Waals surface area (Å²) in [4.78, 5) is 0.0370. The fourth-order valence-electron chi connectivity index (χ4n) is 2.48. The number of rotatable bonds is 3. The van der Waals surface area contributed by atoms with Gasteiger partial charge in [0.2, 0.25) is 10.0 Å². The SMILES string of the molecule is Cc1cc(F)c(N)cc1S(=O)(=O)N1CCCC(CO)C1. The van der Waals surface area contributed by atoms with E-state index in [0.29, 0.717) is 18.5 Å². The molecule has 1 aliphatic rings. The number of nitrogen functional groups attached to an aromatic ring is 1. The highest BCUT2D eigenvalue weighted by Gasteiger charge is 2.31. The summed E-state index contributed by atoms with van der Waals surface area (Å²) >= 11 is 0. The standard InChI is InChI=1S/C13H19FN2O3S/c1-9-5-11(14)12(15)6-13(9)20(18,19)16-4-2-3-10(7-16)8-17/h5-6,10,17H,2-4,7-8,15H2,1H3. The van der Waals surface area contributed by atoms with E-state index in [1.54, 1.807) is 6.92 Å². The second-order valence-electron chi connectivity index (χ2n) is 5.19. The molecule has 112 valence electrons. The molecule has 3 N–H and O–H groups in total. The van der Waals surface area contributed by atoms with Crippen LogP contribution in [0.15, 0.2) is 17.0 Å². The number of anilines is 1. The number of aryl methyl sites for hydroxylation is 1. The van der Waals surface area contributed by atoms with Gasteiger partial charge in [0.05, 0.1) is 10.6 Å². The van der Waals surface area contributed by atoms with Gasteiger partial charge >= 0.3 is 0 Å². The van der Waals surface area contributed by atoms with E-state index < -0.39 is 15.8 Å². The summed E-state index contributed by atoms with van der Waals surface area (Å²) in [7, 11) is -3.70. The number of nitrogens with zero attached hydrogens (tertiary/aromatic N) is 1. The van der Waals surface area contributed by atoms with Crippen molar-refractivity contribution in [2.24, 2.45) is 5.92 Å². The van der Waals surface area contributed by atoms with Crippen LogP contribution in [-0.4, -0.2) is 37.5 Å². The highest BCUT2D eigenvalue weighted by atomic mass is 32.2. The van der Waals surface area contributed by atoms with Gasteiger partial charge in [0.15, 0.2) is 0 Å². The van der Waals surface area contributed by atoms with Crippen LogP contribution in [0, 0.1) is 18.7 Å². The minimum atomic E-state index is -3.70. The van der Waals surface area contributed by atoms with Crippen LogP contribution in [0.25, 0.3) is 0 Å². The third kappa shape index (κ3) is 2.79. The first-order valence-electron chi connectivity index (χ1n) is 6.53. The van der Waals surface area contributed by atoms with Crippen molar-refractivity contribution in [3.05, 3.63) is 23.5 Å². The van der Waals surface area contributed by atoms with E-state index in [4.69, 9.17) is 5.73 Å². The summed E-state index contributed by atoms with van der Waals surface area (Å²) in [6, 6.07) is 2.30. The molecule has 1 unspecified atom stereocenters. The maximum absolute atomic E-state index is 13.3. The van der Waals surface area contributed by atoms with Crippen molar-refractivity contribution in [1.82, 2.24) is 4.31 Å². The number of aliphatic hydroxyl groups excluding tert-OH is 1. The minimum Gasteiger partial charge on any atom is -0.396 e. The van der Waals surface area contributed by atoms with Crippen molar-refractivity contribution in [1.29, 1.82) is 0 Å². The Morgan fingerprint density at radius 2 is 2.20 bits per heavy atom. The maximum Gasteiger partial charge on any atom is 0.243 e. The molecule has 0 amide bonds. The first-order chi connectivity index (χ1) is 9.36. The van der Waals surface area contributed by atoms with Gasteiger partial charge in [-0.05, 0) is 43.4 Å². The summed E-state index contributed by atoms with van der Waals surface area (Å²) in [5.41, 5.74) is 5.63. The summed E-state index contributed by atoms with van der Waals surface area (Å²) in [6.07, 6.45) is 1.52. The normalized spacial score (nSPS) is 21.1. The van der Waals surface area contributed by atoms with Gasteiger partial charge in [0.1, 0.15) is 5.82 Å². The molecule has 20 heavy (non-hydrogen) atoms. The third-order valence-corrected chi connectivity index (χ3v) is 5.66. The van der Waals surface area contributed by atoms with Crippen molar-refractivity contribution >= 4 is 15.7 Å². The lowest BCUT2D eigenvalue weighted by molar-refractivity contribution is 0.165. The Labute approximate surface area is 118 Å². The summed E-state index contributed by atoms with van der Waals surface area (Å²) in [6.45, 7) is 2.21. The zero-order valence-electron chi connectivity index (χ0n) is 11.3. The maximum atomic E-state index is 13.3. The average molecular weight is 302 g/mol. The van der Waals surface area contributed by atoms with Crippen molar-refractivity contribution in [3.63, 3.8) is 0 Å². The summed E-state index contributed by atoms with van der Waals surface area (Å²) in [5, 5.41) is 9.19. The Hall–Kier alpha value is -1.18. The monoisotopic (exact) mass is 302 g/mol. The smallest absolute Gasteiger partial charge is 0.243 e. The minimum absolute atomic E-state index is 0.0312. The van der Waals surface area contributed by atoms with Gasteiger partial charge in [-0.25, -0.2) is 12.8 Å². The molecule has 0 spiro atoms. The lowest BCUT2D eigenvalue weighted by Gasteiger charge is -2.31. The number of benzene rings is 1. The molecular formula is C13H19FN2O3S. The van der Waals surface area contributed by atoms with E-state index in [9.17, 15) is 17.9 Å². The molecule has 1 aromatic rings. The van der Waals surface area contributed by atoms with Crippen molar-refractivity contribution in [2.75, 3.05) is 25.4 Å². The van der Waals surface area contributed by atoms with E-state index in [0.717, 1.165) is 12.5 Å². The number of hydrogen-bond donors (Lipinski definition) is 2. The molecular weight excluding hydrogens is 283 g/mol. The largest absolute Gasteiger partial charge is 0.396 e. The van der Waals surface area contributed by atoms with E-state index in [-0.39, 0.29) is 29.7 Å². The van der Waals surface area contributed by atoms with Gasteiger partial charge in [0, 0.05) is 19.7 Å². The molecule has 1 fully saturated rings. The molecule has 0 saturated carbocycles. The highest BCUT2D eigenvalue weighted by molar-refractivity contribution is 7.89. The topological polar surface area (TPSA) is 83.6 Å². The van der Waals surface area contributed by atoms with Gasteiger partial charge in [-0.2, -0.15) is 4.31 Å². The van der Waals surface area contributed by atoms with Gasteiger partial charge in [0.25, 0.3) is 0 Å². The first-order valence-corrected chi connectivity index (χ1v) is 7.97. The number of hydrogen-bond acceptors (Lipinski definition) is 4. The van der Waals surface area contributed by atoms with E-state index in [1.807, 2.05) is 0 Å². The zero-order chi connectivity index (χ0) is 14.9. The van der Waals surface area contributed by atoms with Gasteiger partial charge in [-0.3, -0.25) is 0 Å². The molecule has 1 aromatic carbocycles. The molecule has 0 aromatic heterocycles. The molecule has 2 rings (SSSR count). The second-order valence-corrected chi connectivity index (χ2v) is 7.10. The van der Waals surface area contributed by atoms with Crippen LogP contribution in [0.3, 0.4) is 0 Å². The van der Waals surface area contributed by atoms with Crippen molar-refractivity contribution < 1.29 is 17.9 Å². The van der Waals surface area contributed by atoms with Crippen LogP contribution < -0.4 is 5.73 Å². The highest BCUT2D eigenvalue weighted by Crippen LogP contribution is 2.28. The van der Waals surface area contributed by atoms with Crippen molar-refractivity contribution in [2.45, 2.75) is 24.7 Å². The zero-order valence-corrected chi connectivity index (χ0v) is 12.2. The second kappa shape index (κ2) is 5.67. The van der Waals surface area contributed by atoms with E-state index >= 15 is 0 Å². The summed E-state index contributed by atoms with van der Waals surface area (Å²) in [5.74, 6) is -0.662. The molecule has 1 atom stereocenters. The Morgan fingerprint density at radius 3 is 2.85 bits per heavy atom. The fraction of sp³-hybridized carbons (Fsp3) is 0.538.